The Morgan fingerprint density at radius 1 is 0.336 bits per heavy atom. The van der Waals surface area contributed by atoms with Crippen LogP contribution in [0, 0.1) is 11.3 Å². The number of nitrogens with two attached hydrogens (primary N) is 5. The van der Waals surface area contributed by atoms with Crippen LogP contribution in [0.5, 0.6) is 11.5 Å². The molecule has 20 N–H and O–H groups in total. The van der Waals surface area contributed by atoms with Crippen LogP contribution in [0.4, 0.5) is 0 Å². The number of amides is 6. The van der Waals surface area contributed by atoms with Gasteiger partial charge in [-0.3, -0.25) is 52.7 Å². The van der Waals surface area contributed by atoms with Gasteiger partial charge in [0.2, 0.25) is 35.4 Å². The molecule has 0 saturated carbocycles. The predicted molar refractivity (Wildman–Crippen MR) is 485 cm³/mol. The van der Waals surface area contributed by atoms with Gasteiger partial charge in [-0.05, 0) is 198 Å². The second kappa shape index (κ2) is 74.0. The van der Waals surface area contributed by atoms with E-state index in [4.69, 9.17) is 48.4 Å². The molecule has 0 heterocycles. The lowest BCUT2D eigenvalue weighted by atomic mass is 9.92. The number of aromatic carboxylic acids is 2. The summed E-state index contributed by atoms with van der Waals surface area (Å²) in [6.07, 6.45) is 27.9. The minimum atomic E-state index is -1.17. The van der Waals surface area contributed by atoms with E-state index < -0.39 is 60.1 Å². The summed E-state index contributed by atoms with van der Waals surface area (Å²) in [5.41, 5.74) is 29.6. The highest BCUT2D eigenvalue weighted by Crippen LogP contribution is 2.19. The number of carbonyl (C=O) groups is 15. The summed E-state index contributed by atoms with van der Waals surface area (Å²) >= 11 is 0. The van der Waals surface area contributed by atoms with Gasteiger partial charge in [-0.15, -0.1) is 0 Å². The number of ketones is 5. The minimum absolute atomic E-state index is 0.0327. The first-order valence-corrected chi connectivity index (χ1v) is 45.7. The van der Waals surface area contributed by atoms with Gasteiger partial charge in [0.15, 0.2) is 0 Å². The molecule has 2 aromatic rings. The average Bonchev–Trinajstić information content (AvgIpc) is 0.926. The summed E-state index contributed by atoms with van der Waals surface area (Å²) in [4.78, 5) is 175. The highest BCUT2D eigenvalue weighted by molar-refractivity contribution is 5.89. The van der Waals surface area contributed by atoms with Gasteiger partial charge < -0.3 is 90.5 Å². The van der Waals surface area contributed by atoms with Crippen molar-refractivity contribution in [2.75, 3.05) is 39.4 Å². The zero-order valence-electron chi connectivity index (χ0n) is 76.8. The topological polar surface area (TPSA) is 558 Å². The average molecular weight is 1770 g/mol. The molecule has 0 fully saturated rings. The molecule has 2 rings (SSSR count). The third kappa shape index (κ3) is 66.9. The number of hydrogen-bond donors (Lipinski definition) is 15. The largest absolute Gasteiger partial charge is 0.494 e. The van der Waals surface area contributed by atoms with Gasteiger partial charge in [0, 0.05) is 76.0 Å². The summed E-state index contributed by atoms with van der Waals surface area (Å²) in [5.74, 6) is -4.08. The molecule has 32 nitrogen and oxygen atoms in total. The van der Waals surface area contributed by atoms with Crippen molar-refractivity contribution in [3.8, 4) is 11.5 Å². The minimum Gasteiger partial charge on any atom is -0.494 e. The van der Waals surface area contributed by atoms with Crippen LogP contribution in [0.15, 0.2) is 48.5 Å². The number of carbonyl (C=O) groups excluding carboxylic acids is 11. The molecule has 0 spiro atoms. The molecule has 8 atom stereocenters. The number of ether oxygens (including phenoxy) is 2. The van der Waals surface area contributed by atoms with Crippen LogP contribution in [0.2, 0.25) is 0 Å². The Kier molecular flexibility index (Phi) is 69.8. The molecule has 0 aliphatic heterocycles. The van der Waals surface area contributed by atoms with E-state index in [1.165, 1.54) is 31.2 Å². The van der Waals surface area contributed by atoms with E-state index in [1.807, 2.05) is 41.5 Å². The highest BCUT2D eigenvalue weighted by Gasteiger charge is 2.24. The van der Waals surface area contributed by atoms with Gasteiger partial charge in [0.25, 0.3) is 0 Å². The molecule has 6 amide bonds. The van der Waals surface area contributed by atoms with Gasteiger partial charge in [-0.25, -0.2) is 19.2 Å². The van der Waals surface area contributed by atoms with Crippen LogP contribution in [0.1, 0.15) is 353 Å². The molecule has 0 aliphatic carbocycles. The van der Waals surface area contributed by atoms with Gasteiger partial charge in [0.1, 0.15) is 52.5 Å². The van der Waals surface area contributed by atoms with E-state index in [-0.39, 0.29) is 138 Å². The SMILES string of the molecule is CC(=O)C(C)(C)C.CC(=O)[C@@H](C)CCCCNC(=O)[C@@H](N)CCCCNC(=O)[C@@H](N)CCCCCC(=O)CC[C@H](NC(=O)CCCCCCCCCOc1ccc(C(=O)O)cc1)C(=O)O.CCCNC(=O)[C@@H](N)CCCCNC(=O)[C@@H](N)CCCCCC(=O)CC[C@H](NC(=O)CCCCCCCCCOc1ccc(C(=O)O)cc1)C(=O)O.CCC[C@H](N)C(C)=O. The fourth-order valence-electron chi connectivity index (χ4n) is 12.1. The number of carboxylic acids is 4. The van der Waals surface area contributed by atoms with Crippen LogP contribution in [-0.2, 0) is 62.3 Å². The van der Waals surface area contributed by atoms with Crippen LogP contribution in [-0.4, -0.2) is 190 Å². The maximum atomic E-state index is 12.4. The number of aliphatic carboxylic acids is 2. The van der Waals surface area contributed by atoms with E-state index in [1.54, 1.807) is 38.1 Å². The second-order valence-electron chi connectivity index (χ2n) is 33.5. The second-order valence-corrected chi connectivity index (χ2v) is 33.5. The smallest absolute Gasteiger partial charge is 0.335 e. The third-order valence-electron chi connectivity index (χ3n) is 21.1. The Bertz CT molecular complexity index is 3410. The zero-order chi connectivity index (χ0) is 94.3. The fraction of sp³-hybridized carbons (Fsp3) is 0.710. The van der Waals surface area contributed by atoms with E-state index >= 15 is 0 Å². The van der Waals surface area contributed by atoms with Gasteiger partial charge >= 0.3 is 23.9 Å². The van der Waals surface area contributed by atoms with Crippen molar-refractivity contribution in [3.63, 3.8) is 0 Å². The summed E-state index contributed by atoms with van der Waals surface area (Å²) in [6, 6.07) is 7.72. The molecule has 0 bridgehead atoms. The Balaban J connectivity index is 0. The van der Waals surface area contributed by atoms with Crippen molar-refractivity contribution in [2.24, 2.45) is 40.0 Å². The number of unbranched alkanes of at least 4 members (excludes halogenated alkanes) is 19. The number of benzene rings is 2. The summed E-state index contributed by atoms with van der Waals surface area (Å²) in [6.45, 7) is 19.5. The number of carboxylic acid groups (broad SMARTS) is 4. The molecular formula is C93H159N11O21. The zero-order valence-corrected chi connectivity index (χ0v) is 76.8. The molecule has 712 valence electrons. The number of hydrogen-bond acceptors (Lipinski definition) is 22. The lowest BCUT2D eigenvalue weighted by Gasteiger charge is -2.14. The van der Waals surface area contributed by atoms with Crippen molar-refractivity contribution >= 4 is 88.2 Å². The van der Waals surface area contributed by atoms with Crippen molar-refractivity contribution in [1.82, 2.24) is 31.9 Å². The van der Waals surface area contributed by atoms with E-state index in [0.29, 0.717) is 160 Å². The maximum Gasteiger partial charge on any atom is 0.335 e. The fourth-order valence-corrected chi connectivity index (χ4v) is 12.1. The molecule has 0 aliphatic rings. The van der Waals surface area contributed by atoms with Crippen LogP contribution in [0.25, 0.3) is 0 Å². The van der Waals surface area contributed by atoms with Crippen LogP contribution < -0.4 is 70.0 Å². The molecule has 0 radical (unpaired) electrons. The summed E-state index contributed by atoms with van der Waals surface area (Å²) < 4.78 is 11.3. The Labute approximate surface area is 743 Å². The first-order chi connectivity index (χ1) is 59.3. The monoisotopic (exact) mass is 1770 g/mol. The Hall–Kier alpha value is -9.11. The quantitative estimate of drug-likeness (QED) is 0.0274. The summed E-state index contributed by atoms with van der Waals surface area (Å²) in [7, 11) is 0. The number of rotatable bonds is 71. The lowest BCUT2D eigenvalue weighted by Crippen LogP contribution is -2.41. The molecule has 0 saturated heterocycles. The van der Waals surface area contributed by atoms with Crippen molar-refractivity contribution in [3.05, 3.63) is 59.7 Å². The Morgan fingerprint density at radius 3 is 0.904 bits per heavy atom. The highest BCUT2D eigenvalue weighted by atomic mass is 16.5. The Morgan fingerprint density at radius 2 is 0.624 bits per heavy atom. The van der Waals surface area contributed by atoms with Gasteiger partial charge in [-0.1, -0.05) is 144 Å². The van der Waals surface area contributed by atoms with Crippen LogP contribution >= 0.6 is 0 Å². The van der Waals surface area contributed by atoms with Crippen molar-refractivity contribution in [2.45, 2.75) is 374 Å². The standard InChI is InChI=1S/C43H71N5O10.C38H63N5O9.C6H13NO.C6H12O/c1-31(32(2)49)17-12-14-28-46-41(53)37(45)20-13-15-29-47-40(52)36(44)19-10-8-9-18-34(50)24-27-38(43(56)57)48-39(51)21-11-6-4-3-5-7-16-30-58-35-25-22-33(23-26-35)42(54)55;1-2-25-41-35(46)32(40)17-12-13-26-42-36(47)31(39)16-10-8-9-15-29(44)21-24-33(38(50)51)43-34(45)18-11-6-4-3-5-7-14-27-52-30-22-19-28(20-23-30)37(48)49;1-3-4-6(7)5(2)8;1-5(7)6(2,3)4/h22-23,25-26,31,36-38H,3-21,24,27-30,44-45H2,1-2H3,(H,46,53)(H,47,52)(H,48,51)(H,54,55)(H,56,57);19-20,22-23,31-33H,2-18,21,24-27,39-40H2,1H3,(H,41,46)(H,42,47)(H,43,45)(H,48,49)(H,50,51);6H,3-4,7H2,1-2H3;1-4H3/t31-,36-,37-,38-;31-,32-,33-;6-;/m000./s1. The first kappa shape index (κ1) is 118. The molecular weight excluding hydrogens is 1610 g/mol. The lowest BCUT2D eigenvalue weighted by molar-refractivity contribution is -0.142. The first-order valence-electron chi connectivity index (χ1n) is 45.7. The predicted octanol–water partition coefficient (Wildman–Crippen LogP) is 11.8. The van der Waals surface area contributed by atoms with E-state index in [2.05, 4.69) is 31.9 Å². The third-order valence-corrected chi connectivity index (χ3v) is 21.1. The van der Waals surface area contributed by atoms with Gasteiger partial charge in [-0.2, -0.15) is 0 Å². The van der Waals surface area contributed by atoms with Crippen LogP contribution in [0.3, 0.4) is 0 Å². The maximum absolute atomic E-state index is 12.4. The van der Waals surface area contributed by atoms with Gasteiger partial charge in [0.05, 0.1) is 54.5 Å². The number of Topliss-reactive ketones (excluding diaryl/α,β-unsaturated/α-hetero) is 5. The molecule has 32 heteroatoms. The number of nitrogens with one attached hydrogen (secondary N) is 6. The molecule has 0 aromatic heterocycles. The van der Waals surface area contributed by atoms with E-state index in [9.17, 15) is 82.1 Å². The summed E-state index contributed by atoms with van der Waals surface area (Å²) in [5, 5.41) is 53.3. The molecule has 125 heavy (non-hydrogen) atoms. The molecule has 2 aromatic carbocycles. The molecule has 0 unspecified atom stereocenters. The van der Waals surface area contributed by atoms with Crippen molar-refractivity contribution < 1.29 is 102 Å². The van der Waals surface area contributed by atoms with Crippen molar-refractivity contribution in [1.29, 1.82) is 0 Å². The van der Waals surface area contributed by atoms with E-state index in [0.717, 1.165) is 116 Å². The normalized spacial score (nSPS) is 12.8.